The van der Waals surface area contributed by atoms with Crippen LogP contribution in [0.2, 0.25) is 0 Å². The number of hydrogen-bond donors (Lipinski definition) is 0. The number of imidazole rings is 1. The molecule has 0 unspecified atom stereocenters. The van der Waals surface area contributed by atoms with Crippen LogP contribution in [0.4, 0.5) is 0 Å². The van der Waals surface area contributed by atoms with Gasteiger partial charge in [-0.15, -0.1) is 11.3 Å². The molecule has 10 aromatic rings. The summed E-state index contributed by atoms with van der Waals surface area (Å²) in [6.07, 6.45) is 6.90. The molecule has 0 saturated heterocycles. The summed E-state index contributed by atoms with van der Waals surface area (Å²) < 4.78 is 5.05. The summed E-state index contributed by atoms with van der Waals surface area (Å²) in [5.74, 6) is 4.11. The molecule has 1 spiro atoms. The number of benzene rings is 8. The maximum atomic E-state index is 5.69. The van der Waals surface area contributed by atoms with Gasteiger partial charge in [-0.25, -0.2) is 4.98 Å². The molecular formula is C57H42N2S. The van der Waals surface area contributed by atoms with Crippen LogP contribution >= 0.6 is 11.3 Å². The smallest absolute Gasteiger partial charge is 0.145 e. The quantitative estimate of drug-likeness (QED) is 0.174. The zero-order chi connectivity index (χ0) is 39.1. The summed E-state index contributed by atoms with van der Waals surface area (Å²) in [6.45, 7) is 0. The van der Waals surface area contributed by atoms with Crippen LogP contribution in [0.5, 0.6) is 0 Å². The molecule has 0 N–H and O–H groups in total. The molecule has 0 atom stereocenters. The molecule has 0 aliphatic heterocycles. The lowest BCUT2D eigenvalue weighted by atomic mass is 9.43. The van der Waals surface area contributed by atoms with Crippen molar-refractivity contribution in [3.8, 4) is 50.5 Å². The summed E-state index contributed by atoms with van der Waals surface area (Å²) in [4.78, 5) is 5.69. The van der Waals surface area contributed by atoms with E-state index in [0.29, 0.717) is 11.8 Å². The molecule has 2 heterocycles. The van der Waals surface area contributed by atoms with Crippen LogP contribution in [0.3, 0.4) is 0 Å². The summed E-state index contributed by atoms with van der Waals surface area (Å²) in [7, 11) is 0. The van der Waals surface area contributed by atoms with Crippen molar-refractivity contribution in [1.82, 2.24) is 9.55 Å². The minimum Gasteiger partial charge on any atom is -0.292 e. The number of aromatic nitrogens is 2. The minimum atomic E-state index is 0.0520. The van der Waals surface area contributed by atoms with Gasteiger partial charge < -0.3 is 0 Å². The van der Waals surface area contributed by atoms with Gasteiger partial charge in [-0.1, -0.05) is 127 Å². The van der Waals surface area contributed by atoms with E-state index in [9.17, 15) is 0 Å². The molecule has 60 heavy (non-hydrogen) atoms. The highest BCUT2D eigenvalue weighted by Gasteiger charge is 2.61. The number of hydrogen-bond acceptors (Lipinski definition) is 2. The van der Waals surface area contributed by atoms with Crippen molar-refractivity contribution in [3.63, 3.8) is 0 Å². The lowest BCUT2D eigenvalue weighted by Crippen LogP contribution is -2.55. The Bertz CT molecular complexity index is 3360. The number of nitrogens with zero attached hydrogens (tertiary/aromatic N) is 2. The number of thiophene rings is 1. The second-order valence-electron chi connectivity index (χ2n) is 18.2. The van der Waals surface area contributed by atoms with E-state index in [2.05, 4.69) is 174 Å². The molecule has 8 aromatic carbocycles. The van der Waals surface area contributed by atoms with Gasteiger partial charge in [0.1, 0.15) is 5.82 Å². The van der Waals surface area contributed by atoms with E-state index in [1.54, 1.807) is 11.1 Å². The van der Waals surface area contributed by atoms with E-state index in [-0.39, 0.29) is 5.41 Å². The van der Waals surface area contributed by atoms with Crippen LogP contribution < -0.4 is 0 Å². The predicted octanol–water partition coefficient (Wildman–Crippen LogP) is 15.3. The predicted molar refractivity (Wildman–Crippen MR) is 251 cm³/mol. The lowest BCUT2D eigenvalue weighted by Gasteiger charge is -2.61. The summed E-state index contributed by atoms with van der Waals surface area (Å²) >= 11 is 1.92. The molecule has 0 amide bonds. The van der Waals surface area contributed by atoms with E-state index in [0.717, 1.165) is 39.9 Å². The molecule has 4 bridgehead atoms. The summed E-state index contributed by atoms with van der Waals surface area (Å²) in [5, 5.41) is 5.34. The maximum Gasteiger partial charge on any atom is 0.145 e. The van der Waals surface area contributed by atoms with Crippen LogP contribution in [0.25, 0.3) is 92.4 Å². The Hall–Kier alpha value is -6.29. The van der Waals surface area contributed by atoms with Crippen LogP contribution in [0.15, 0.2) is 170 Å². The molecule has 4 saturated carbocycles. The lowest BCUT2D eigenvalue weighted by molar-refractivity contribution is -0.0399. The highest BCUT2D eigenvalue weighted by atomic mass is 32.1. The van der Waals surface area contributed by atoms with Gasteiger partial charge in [0.2, 0.25) is 0 Å². The van der Waals surface area contributed by atoms with Crippen molar-refractivity contribution in [2.75, 3.05) is 0 Å². The van der Waals surface area contributed by atoms with Gasteiger partial charge in [-0.3, -0.25) is 4.57 Å². The fraction of sp³-hybridized carbons (Fsp3) is 0.175. The Kier molecular flexibility index (Phi) is 6.92. The molecule has 286 valence electrons. The fourth-order valence-corrected chi connectivity index (χ4v) is 14.5. The SMILES string of the molecule is c1ccc(-c2nc3c(-c4cc5c(cc4-c4cccc6sc7ccc8ccccc8c7c46)-c4ccccc4C54C5CC6CC(C5)CC4C6)cccc3n2-c2ccccc2)cc1. The van der Waals surface area contributed by atoms with Crippen LogP contribution in [0.1, 0.15) is 43.2 Å². The average Bonchev–Trinajstić information content (AvgIpc) is 3.97. The van der Waals surface area contributed by atoms with Crippen molar-refractivity contribution in [3.05, 3.63) is 181 Å². The first-order valence-corrected chi connectivity index (χ1v) is 22.8. The Balaban J connectivity index is 1.12. The topological polar surface area (TPSA) is 17.8 Å². The van der Waals surface area contributed by atoms with Gasteiger partial charge in [0.15, 0.2) is 0 Å². The van der Waals surface area contributed by atoms with Crippen molar-refractivity contribution < 1.29 is 0 Å². The van der Waals surface area contributed by atoms with E-state index in [1.165, 1.54) is 96.4 Å². The summed E-state index contributed by atoms with van der Waals surface area (Å²) in [6, 6.07) is 63.9. The maximum absolute atomic E-state index is 5.69. The minimum absolute atomic E-state index is 0.0520. The third kappa shape index (κ3) is 4.46. The first kappa shape index (κ1) is 33.5. The highest BCUT2D eigenvalue weighted by molar-refractivity contribution is 7.26. The molecular weight excluding hydrogens is 745 g/mol. The standard InChI is InChI=1S/C57H42N2S/c1-3-14-37(15-4-1)56-58-55-44(21-11-23-50(55)59(56)40-16-5-2-6-17-40)46-33-49-47(42-19-9-10-22-48(42)57(49)38-28-34-27-35(30-38)31-39(57)29-34)32-45(46)43-20-12-24-51-54(43)53-41-18-8-7-13-36(41)25-26-52(53)60-51/h1-26,32-35,38-39H,27-31H2. The largest absolute Gasteiger partial charge is 0.292 e. The number of para-hydroxylation sites is 2. The first-order valence-electron chi connectivity index (χ1n) is 22.0. The molecule has 0 radical (unpaired) electrons. The van der Waals surface area contributed by atoms with E-state index in [1.807, 2.05) is 11.3 Å². The first-order chi connectivity index (χ1) is 29.7. The van der Waals surface area contributed by atoms with Crippen LogP contribution in [-0.2, 0) is 5.41 Å². The third-order valence-electron chi connectivity index (χ3n) is 15.4. The van der Waals surface area contributed by atoms with E-state index < -0.39 is 0 Å². The van der Waals surface area contributed by atoms with Crippen LogP contribution in [-0.4, -0.2) is 9.55 Å². The van der Waals surface area contributed by atoms with Crippen molar-refractivity contribution in [1.29, 1.82) is 0 Å². The number of fused-ring (bicyclic) bond motifs is 9. The van der Waals surface area contributed by atoms with Crippen molar-refractivity contribution >= 4 is 53.3 Å². The van der Waals surface area contributed by atoms with Gasteiger partial charge in [0.05, 0.1) is 11.0 Å². The molecule has 15 rings (SSSR count). The van der Waals surface area contributed by atoms with Gasteiger partial charge >= 0.3 is 0 Å². The number of rotatable bonds is 4. The Morgan fingerprint density at radius 2 is 1.15 bits per heavy atom. The highest BCUT2D eigenvalue weighted by Crippen LogP contribution is 2.70. The Morgan fingerprint density at radius 3 is 1.98 bits per heavy atom. The average molecular weight is 787 g/mol. The van der Waals surface area contributed by atoms with Crippen molar-refractivity contribution in [2.45, 2.75) is 37.5 Å². The van der Waals surface area contributed by atoms with Crippen molar-refractivity contribution in [2.24, 2.45) is 23.7 Å². The van der Waals surface area contributed by atoms with E-state index >= 15 is 0 Å². The molecule has 3 heteroatoms. The van der Waals surface area contributed by atoms with Gasteiger partial charge in [-0.2, -0.15) is 0 Å². The van der Waals surface area contributed by atoms with Gasteiger partial charge in [0.25, 0.3) is 0 Å². The van der Waals surface area contributed by atoms with Gasteiger partial charge in [0, 0.05) is 42.4 Å². The van der Waals surface area contributed by atoms with Gasteiger partial charge in [-0.05, 0) is 148 Å². The summed E-state index contributed by atoms with van der Waals surface area (Å²) in [5.41, 5.74) is 15.6. The normalized spacial score (nSPS) is 22.4. The molecule has 5 aliphatic rings. The fourth-order valence-electron chi connectivity index (χ4n) is 13.4. The zero-order valence-corrected chi connectivity index (χ0v) is 34.1. The second-order valence-corrected chi connectivity index (χ2v) is 19.3. The third-order valence-corrected chi connectivity index (χ3v) is 16.5. The molecule has 2 aromatic heterocycles. The molecule has 4 fully saturated rings. The molecule has 2 nitrogen and oxygen atoms in total. The molecule has 5 aliphatic carbocycles. The Labute approximate surface area is 353 Å². The van der Waals surface area contributed by atoms with Crippen LogP contribution in [0, 0.1) is 23.7 Å². The Morgan fingerprint density at radius 1 is 0.483 bits per heavy atom. The van der Waals surface area contributed by atoms with E-state index in [4.69, 9.17) is 4.98 Å². The zero-order valence-electron chi connectivity index (χ0n) is 33.3. The second kappa shape index (κ2) is 12.4. The monoisotopic (exact) mass is 786 g/mol.